The summed E-state index contributed by atoms with van der Waals surface area (Å²) >= 11 is 0. The van der Waals surface area contributed by atoms with Crippen LogP contribution in [0.3, 0.4) is 0 Å². The first-order valence-corrected chi connectivity index (χ1v) is 6.29. The van der Waals surface area contributed by atoms with Crippen molar-refractivity contribution in [3.8, 4) is 11.4 Å². The Hall–Kier alpha value is -2.20. The van der Waals surface area contributed by atoms with Crippen molar-refractivity contribution in [2.45, 2.75) is 13.5 Å². The number of benzene rings is 1. The van der Waals surface area contributed by atoms with Crippen molar-refractivity contribution in [2.75, 3.05) is 6.61 Å². The number of aliphatic hydroxyl groups excluding tert-OH is 1. The van der Waals surface area contributed by atoms with Gasteiger partial charge in [-0.3, -0.25) is 0 Å². The van der Waals surface area contributed by atoms with Gasteiger partial charge < -0.3 is 9.67 Å². The summed E-state index contributed by atoms with van der Waals surface area (Å²) in [7, 11) is 0. The minimum atomic E-state index is 0.0703. The Balaban J connectivity index is 2.26. The Morgan fingerprint density at radius 1 is 1.21 bits per heavy atom. The van der Waals surface area contributed by atoms with Crippen LogP contribution in [0.5, 0.6) is 0 Å². The molecule has 1 N–H and O–H groups in total. The van der Waals surface area contributed by atoms with Crippen molar-refractivity contribution >= 4 is 11.2 Å². The molecule has 2 aromatic heterocycles. The topological polar surface area (TPSA) is 50.9 Å². The molecule has 0 unspecified atom stereocenters. The van der Waals surface area contributed by atoms with Crippen molar-refractivity contribution in [2.24, 2.45) is 0 Å². The van der Waals surface area contributed by atoms with Gasteiger partial charge in [-0.2, -0.15) is 0 Å². The third-order valence-electron chi connectivity index (χ3n) is 3.08. The zero-order chi connectivity index (χ0) is 13.2. The summed E-state index contributed by atoms with van der Waals surface area (Å²) in [6, 6.07) is 12.0. The van der Waals surface area contributed by atoms with Crippen molar-refractivity contribution in [1.29, 1.82) is 0 Å². The van der Waals surface area contributed by atoms with Gasteiger partial charge in [-0.25, -0.2) is 9.97 Å². The van der Waals surface area contributed by atoms with Gasteiger partial charge in [-0.15, -0.1) is 0 Å². The van der Waals surface area contributed by atoms with Crippen LogP contribution in [-0.2, 0) is 6.54 Å². The highest BCUT2D eigenvalue weighted by Gasteiger charge is 2.12. The molecule has 0 atom stereocenters. The molecule has 0 radical (unpaired) electrons. The number of aromatic nitrogens is 3. The van der Waals surface area contributed by atoms with E-state index in [0.29, 0.717) is 6.54 Å². The van der Waals surface area contributed by atoms with E-state index in [2.05, 4.69) is 9.97 Å². The van der Waals surface area contributed by atoms with Gasteiger partial charge >= 0.3 is 0 Å². The quantitative estimate of drug-likeness (QED) is 0.779. The molecule has 1 aromatic carbocycles. The Morgan fingerprint density at radius 2 is 2.00 bits per heavy atom. The molecule has 3 aromatic rings. The summed E-state index contributed by atoms with van der Waals surface area (Å²) in [6.45, 7) is 2.57. The van der Waals surface area contributed by atoms with E-state index in [1.165, 1.54) is 0 Å². The van der Waals surface area contributed by atoms with Gasteiger partial charge in [-0.05, 0) is 18.6 Å². The molecule has 0 amide bonds. The Labute approximate surface area is 111 Å². The van der Waals surface area contributed by atoms with Gasteiger partial charge in [0.25, 0.3) is 0 Å². The zero-order valence-corrected chi connectivity index (χ0v) is 10.7. The minimum Gasteiger partial charge on any atom is -0.395 e. The number of imidazole rings is 1. The van der Waals surface area contributed by atoms with Crippen LogP contribution in [0, 0.1) is 6.92 Å². The van der Waals surface area contributed by atoms with E-state index >= 15 is 0 Å². The summed E-state index contributed by atoms with van der Waals surface area (Å²) < 4.78 is 1.96. The normalized spacial score (nSPS) is 11.1. The van der Waals surface area contributed by atoms with Gasteiger partial charge in [0.15, 0.2) is 5.65 Å². The molecule has 4 heteroatoms. The average molecular weight is 253 g/mol. The Kier molecular flexibility index (Phi) is 3.01. The maximum absolute atomic E-state index is 9.25. The molecular weight excluding hydrogens is 238 g/mol. The number of hydrogen-bond donors (Lipinski definition) is 1. The molecule has 0 aliphatic heterocycles. The summed E-state index contributed by atoms with van der Waals surface area (Å²) in [4.78, 5) is 9.09. The molecule has 0 aliphatic rings. The van der Waals surface area contributed by atoms with E-state index in [0.717, 1.165) is 28.1 Å². The van der Waals surface area contributed by atoms with Crippen LogP contribution < -0.4 is 0 Å². The number of aryl methyl sites for hydroxylation is 1. The molecule has 19 heavy (non-hydrogen) atoms. The average Bonchev–Trinajstić information content (AvgIpc) is 2.78. The number of aliphatic hydroxyl groups is 1. The smallest absolute Gasteiger partial charge is 0.160 e. The first kappa shape index (κ1) is 11.9. The highest BCUT2D eigenvalue weighted by atomic mass is 16.3. The van der Waals surface area contributed by atoms with E-state index < -0.39 is 0 Å². The van der Waals surface area contributed by atoms with Gasteiger partial charge in [0.1, 0.15) is 11.3 Å². The monoisotopic (exact) mass is 253 g/mol. The highest BCUT2D eigenvalue weighted by molar-refractivity contribution is 5.77. The van der Waals surface area contributed by atoms with Gasteiger partial charge in [-0.1, -0.05) is 30.3 Å². The van der Waals surface area contributed by atoms with Crippen molar-refractivity contribution in [3.63, 3.8) is 0 Å². The van der Waals surface area contributed by atoms with Crippen molar-refractivity contribution in [1.82, 2.24) is 14.5 Å². The molecule has 0 saturated heterocycles. The fourth-order valence-electron chi connectivity index (χ4n) is 2.23. The second kappa shape index (κ2) is 4.82. The van der Waals surface area contributed by atoms with Crippen molar-refractivity contribution in [3.05, 3.63) is 48.2 Å². The van der Waals surface area contributed by atoms with Crippen LogP contribution in [0.15, 0.2) is 42.6 Å². The van der Waals surface area contributed by atoms with E-state index in [1.54, 1.807) is 0 Å². The van der Waals surface area contributed by atoms with Crippen LogP contribution in [0.1, 0.15) is 5.56 Å². The van der Waals surface area contributed by atoms with E-state index in [9.17, 15) is 5.11 Å². The summed E-state index contributed by atoms with van der Waals surface area (Å²) in [5, 5.41) is 9.25. The predicted octanol–water partition coefficient (Wildman–Crippen LogP) is 2.40. The molecule has 0 spiro atoms. The molecule has 0 bridgehead atoms. The number of rotatable bonds is 3. The SMILES string of the molecule is Cc1cnc2c(c1)nc(-c1ccccc1)n2CCO. The second-order valence-electron chi connectivity index (χ2n) is 4.53. The van der Waals surface area contributed by atoms with E-state index in [-0.39, 0.29) is 6.61 Å². The first-order valence-electron chi connectivity index (χ1n) is 6.29. The van der Waals surface area contributed by atoms with Crippen molar-refractivity contribution < 1.29 is 5.11 Å². The summed E-state index contributed by atoms with van der Waals surface area (Å²) in [5.74, 6) is 0.850. The lowest BCUT2D eigenvalue weighted by Crippen LogP contribution is -2.05. The van der Waals surface area contributed by atoms with Crippen LogP contribution in [0.4, 0.5) is 0 Å². The molecule has 2 heterocycles. The first-order chi connectivity index (χ1) is 9.29. The minimum absolute atomic E-state index is 0.0703. The van der Waals surface area contributed by atoms with E-state index in [4.69, 9.17) is 0 Å². The van der Waals surface area contributed by atoms with Crippen LogP contribution >= 0.6 is 0 Å². The van der Waals surface area contributed by atoms with Gasteiger partial charge in [0.2, 0.25) is 0 Å². The van der Waals surface area contributed by atoms with Crippen LogP contribution in [0.2, 0.25) is 0 Å². The third-order valence-corrected chi connectivity index (χ3v) is 3.08. The maximum Gasteiger partial charge on any atom is 0.160 e. The standard InChI is InChI=1S/C15H15N3O/c1-11-9-13-15(16-10-11)18(7-8-19)14(17-13)12-5-3-2-4-6-12/h2-6,9-10,19H,7-8H2,1H3. The second-order valence-corrected chi connectivity index (χ2v) is 4.53. The van der Waals surface area contributed by atoms with Gasteiger partial charge in [0.05, 0.1) is 6.61 Å². The lowest BCUT2D eigenvalue weighted by molar-refractivity contribution is 0.278. The summed E-state index contributed by atoms with van der Waals surface area (Å²) in [6.07, 6.45) is 1.83. The fourth-order valence-corrected chi connectivity index (χ4v) is 2.23. The zero-order valence-electron chi connectivity index (χ0n) is 10.7. The van der Waals surface area contributed by atoms with Gasteiger partial charge in [0, 0.05) is 18.3 Å². The number of nitrogens with zero attached hydrogens (tertiary/aromatic N) is 3. The van der Waals surface area contributed by atoms with Crippen LogP contribution in [0.25, 0.3) is 22.6 Å². The highest BCUT2D eigenvalue weighted by Crippen LogP contribution is 2.23. The third kappa shape index (κ3) is 2.11. The lowest BCUT2D eigenvalue weighted by Gasteiger charge is -2.06. The summed E-state index contributed by atoms with van der Waals surface area (Å²) in [5.41, 5.74) is 3.80. The molecule has 3 rings (SSSR count). The number of pyridine rings is 1. The van der Waals surface area contributed by atoms with Crippen LogP contribution in [-0.4, -0.2) is 26.2 Å². The molecule has 0 fully saturated rings. The molecule has 96 valence electrons. The number of fused-ring (bicyclic) bond motifs is 1. The molecule has 4 nitrogen and oxygen atoms in total. The molecule has 0 saturated carbocycles. The van der Waals surface area contributed by atoms with E-state index in [1.807, 2.05) is 54.1 Å². The Bertz CT molecular complexity index is 704. The largest absolute Gasteiger partial charge is 0.395 e. The number of hydrogen-bond acceptors (Lipinski definition) is 3. The fraction of sp³-hybridized carbons (Fsp3) is 0.200. The molecule has 0 aliphatic carbocycles. The molecular formula is C15H15N3O. The predicted molar refractivity (Wildman–Crippen MR) is 74.8 cm³/mol. The Morgan fingerprint density at radius 3 is 2.74 bits per heavy atom. The lowest BCUT2D eigenvalue weighted by atomic mass is 10.2. The maximum atomic E-state index is 9.25.